The van der Waals surface area contributed by atoms with E-state index in [4.69, 9.17) is 4.74 Å². The van der Waals surface area contributed by atoms with Crippen molar-refractivity contribution in [3.8, 4) is 0 Å². The molecular weight excluding hydrogens is 409 g/mol. The number of hydrogen-bond acceptors (Lipinski definition) is 4. The summed E-state index contributed by atoms with van der Waals surface area (Å²) in [6, 6.07) is 0. The van der Waals surface area contributed by atoms with Crippen LogP contribution in [0.2, 0.25) is 0 Å². The van der Waals surface area contributed by atoms with E-state index in [-0.39, 0.29) is 42.0 Å². The topological polar surface area (TPSA) is 78.0 Å². The molecule has 3 N–H and O–H groups in total. The van der Waals surface area contributed by atoms with Gasteiger partial charge in [0, 0.05) is 32.8 Å². The number of likely N-dealkylation sites (N-methyl/N-ethyl adjacent to an activating group) is 1. The SMILES string of the molecule is CN=C(NCCCN(C)CCOC)NCC(=O)NC(C)(C)C.I. The second kappa shape index (κ2) is 13.8. The van der Waals surface area contributed by atoms with Crippen molar-refractivity contribution in [3.63, 3.8) is 0 Å². The van der Waals surface area contributed by atoms with Gasteiger partial charge in [0.05, 0.1) is 13.2 Å². The van der Waals surface area contributed by atoms with Crippen LogP contribution in [0.15, 0.2) is 4.99 Å². The lowest BCUT2D eigenvalue weighted by Crippen LogP contribution is -2.48. The molecule has 0 unspecified atom stereocenters. The van der Waals surface area contributed by atoms with Crippen LogP contribution >= 0.6 is 24.0 Å². The van der Waals surface area contributed by atoms with E-state index in [9.17, 15) is 4.79 Å². The highest BCUT2D eigenvalue weighted by molar-refractivity contribution is 14.0. The first kappa shape index (κ1) is 24.6. The maximum absolute atomic E-state index is 11.7. The van der Waals surface area contributed by atoms with Crippen molar-refractivity contribution in [2.75, 3.05) is 54.0 Å². The van der Waals surface area contributed by atoms with Crippen molar-refractivity contribution in [2.24, 2.45) is 4.99 Å². The predicted octanol–water partition coefficient (Wildman–Crippen LogP) is 0.652. The number of rotatable bonds is 9. The molecule has 8 heteroatoms. The molecule has 138 valence electrons. The molecule has 0 spiro atoms. The molecule has 0 heterocycles. The Kier molecular flexibility index (Phi) is 14.8. The van der Waals surface area contributed by atoms with Gasteiger partial charge >= 0.3 is 0 Å². The van der Waals surface area contributed by atoms with Crippen molar-refractivity contribution in [1.82, 2.24) is 20.9 Å². The van der Waals surface area contributed by atoms with Crippen LogP contribution in [-0.4, -0.2) is 76.3 Å². The van der Waals surface area contributed by atoms with Crippen LogP contribution in [0.25, 0.3) is 0 Å². The quantitative estimate of drug-likeness (QED) is 0.211. The number of aliphatic imine (C=N–C) groups is 1. The van der Waals surface area contributed by atoms with Gasteiger partial charge < -0.3 is 25.6 Å². The number of hydrogen-bond donors (Lipinski definition) is 3. The van der Waals surface area contributed by atoms with Crippen molar-refractivity contribution >= 4 is 35.8 Å². The van der Waals surface area contributed by atoms with Crippen molar-refractivity contribution in [1.29, 1.82) is 0 Å². The van der Waals surface area contributed by atoms with E-state index < -0.39 is 0 Å². The molecule has 23 heavy (non-hydrogen) atoms. The lowest BCUT2D eigenvalue weighted by Gasteiger charge is -2.21. The number of nitrogens with zero attached hydrogens (tertiary/aromatic N) is 2. The zero-order valence-electron chi connectivity index (χ0n) is 15.4. The highest BCUT2D eigenvalue weighted by Gasteiger charge is 2.13. The minimum Gasteiger partial charge on any atom is -0.383 e. The number of halogens is 1. The fourth-order valence-electron chi connectivity index (χ4n) is 1.76. The van der Waals surface area contributed by atoms with Crippen LogP contribution in [0.3, 0.4) is 0 Å². The maximum Gasteiger partial charge on any atom is 0.239 e. The summed E-state index contributed by atoms with van der Waals surface area (Å²) in [5.74, 6) is 0.596. The summed E-state index contributed by atoms with van der Waals surface area (Å²) in [4.78, 5) is 18.0. The van der Waals surface area contributed by atoms with Gasteiger partial charge in [-0.2, -0.15) is 0 Å². The molecule has 0 aliphatic heterocycles. The summed E-state index contributed by atoms with van der Waals surface area (Å²) < 4.78 is 5.04. The van der Waals surface area contributed by atoms with Crippen LogP contribution in [0, 0.1) is 0 Å². The summed E-state index contributed by atoms with van der Waals surface area (Å²) in [5.41, 5.74) is -0.220. The minimum absolute atomic E-state index is 0. The van der Waals surface area contributed by atoms with Crippen LogP contribution in [-0.2, 0) is 9.53 Å². The van der Waals surface area contributed by atoms with Gasteiger partial charge in [0.1, 0.15) is 0 Å². The summed E-state index contributed by atoms with van der Waals surface area (Å²) in [7, 11) is 5.48. The summed E-state index contributed by atoms with van der Waals surface area (Å²) in [6.45, 7) is 9.54. The third-order valence-corrected chi connectivity index (χ3v) is 2.84. The standard InChI is InChI=1S/C15H33N5O2.HI/c1-15(2,3)19-13(21)12-18-14(16-4)17-8-7-9-20(5)10-11-22-6;/h7-12H2,1-6H3,(H,19,21)(H2,16,17,18);1H. The molecule has 0 atom stereocenters. The summed E-state index contributed by atoms with van der Waals surface area (Å²) in [5, 5.41) is 9.11. The van der Waals surface area contributed by atoms with Gasteiger partial charge in [0.2, 0.25) is 5.91 Å². The average Bonchev–Trinajstić information content (AvgIpc) is 2.42. The van der Waals surface area contributed by atoms with E-state index in [0.29, 0.717) is 5.96 Å². The molecule has 0 saturated carbocycles. The first-order chi connectivity index (χ1) is 10.3. The smallest absolute Gasteiger partial charge is 0.239 e. The Morgan fingerprint density at radius 1 is 1.22 bits per heavy atom. The maximum atomic E-state index is 11.7. The molecule has 0 bridgehead atoms. The van der Waals surface area contributed by atoms with Crippen LogP contribution in [0.5, 0.6) is 0 Å². The number of methoxy groups -OCH3 is 1. The van der Waals surface area contributed by atoms with Gasteiger partial charge in [-0.15, -0.1) is 24.0 Å². The Balaban J connectivity index is 0. The zero-order valence-corrected chi connectivity index (χ0v) is 17.7. The second-order valence-electron chi connectivity index (χ2n) is 6.30. The number of carbonyl (C=O) groups is 1. The third kappa shape index (κ3) is 16.0. The number of amides is 1. The molecule has 0 saturated heterocycles. The van der Waals surface area contributed by atoms with Gasteiger partial charge in [0.15, 0.2) is 5.96 Å². The first-order valence-electron chi connectivity index (χ1n) is 7.71. The molecule has 0 radical (unpaired) electrons. The van der Waals surface area contributed by atoms with Gasteiger partial charge in [-0.25, -0.2) is 0 Å². The molecule has 0 aromatic heterocycles. The minimum atomic E-state index is -0.220. The largest absolute Gasteiger partial charge is 0.383 e. The summed E-state index contributed by atoms with van der Waals surface area (Å²) in [6.07, 6.45) is 0.995. The Hall–Kier alpha value is -0.610. The molecular formula is C15H34IN5O2. The zero-order chi connectivity index (χ0) is 17.0. The fraction of sp³-hybridized carbons (Fsp3) is 0.867. The Morgan fingerprint density at radius 2 is 1.87 bits per heavy atom. The monoisotopic (exact) mass is 443 g/mol. The molecule has 1 amide bonds. The van der Waals surface area contributed by atoms with Gasteiger partial charge in [-0.05, 0) is 40.8 Å². The Bertz CT molecular complexity index is 345. The molecule has 0 aromatic carbocycles. The highest BCUT2D eigenvalue weighted by Crippen LogP contribution is 1.97. The molecule has 0 aliphatic carbocycles. The van der Waals surface area contributed by atoms with Gasteiger partial charge in [-0.1, -0.05) is 0 Å². The molecule has 0 aromatic rings. The highest BCUT2D eigenvalue weighted by atomic mass is 127. The van der Waals surface area contributed by atoms with Crippen LogP contribution in [0.4, 0.5) is 0 Å². The van der Waals surface area contributed by atoms with E-state index in [0.717, 1.165) is 32.7 Å². The van der Waals surface area contributed by atoms with E-state index in [2.05, 4.69) is 32.9 Å². The lowest BCUT2D eigenvalue weighted by atomic mass is 10.1. The Labute approximate surface area is 158 Å². The lowest BCUT2D eigenvalue weighted by molar-refractivity contribution is -0.121. The van der Waals surface area contributed by atoms with E-state index in [1.54, 1.807) is 14.2 Å². The first-order valence-corrected chi connectivity index (χ1v) is 7.71. The van der Waals surface area contributed by atoms with E-state index in [1.165, 1.54) is 0 Å². The third-order valence-electron chi connectivity index (χ3n) is 2.84. The normalized spacial score (nSPS) is 11.9. The fourth-order valence-corrected chi connectivity index (χ4v) is 1.76. The second-order valence-corrected chi connectivity index (χ2v) is 6.30. The van der Waals surface area contributed by atoms with Crippen molar-refractivity contribution < 1.29 is 9.53 Å². The van der Waals surface area contributed by atoms with Gasteiger partial charge in [-0.3, -0.25) is 9.79 Å². The average molecular weight is 443 g/mol. The van der Waals surface area contributed by atoms with Crippen molar-refractivity contribution in [2.45, 2.75) is 32.7 Å². The predicted molar refractivity (Wildman–Crippen MR) is 107 cm³/mol. The van der Waals surface area contributed by atoms with Gasteiger partial charge in [0.25, 0.3) is 0 Å². The Morgan fingerprint density at radius 3 is 2.39 bits per heavy atom. The molecule has 0 fully saturated rings. The number of carbonyl (C=O) groups excluding carboxylic acids is 1. The number of ether oxygens (including phenoxy) is 1. The molecule has 7 nitrogen and oxygen atoms in total. The molecule has 0 aliphatic rings. The molecule has 0 rings (SSSR count). The number of guanidine groups is 1. The van der Waals surface area contributed by atoms with Crippen LogP contribution < -0.4 is 16.0 Å². The van der Waals surface area contributed by atoms with E-state index in [1.807, 2.05) is 20.8 Å². The summed E-state index contributed by atoms with van der Waals surface area (Å²) >= 11 is 0. The number of nitrogens with one attached hydrogen (secondary N) is 3. The van der Waals surface area contributed by atoms with E-state index >= 15 is 0 Å². The van der Waals surface area contributed by atoms with Crippen LogP contribution in [0.1, 0.15) is 27.2 Å². The van der Waals surface area contributed by atoms with Crippen molar-refractivity contribution in [3.05, 3.63) is 0 Å².